The van der Waals surface area contributed by atoms with E-state index in [4.69, 9.17) is 4.42 Å². The second-order valence-electron chi connectivity index (χ2n) is 4.27. The van der Waals surface area contributed by atoms with Gasteiger partial charge < -0.3 is 4.42 Å². The number of aromatic nitrogens is 2. The van der Waals surface area contributed by atoms with Crippen LogP contribution in [0.2, 0.25) is 0 Å². The average molecular weight is 331 g/mol. The highest BCUT2D eigenvalue weighted by molar-refractivity contribution is 9.10. The number of para-hydroxylation sites is 1. The third-order valence-corrected chi connectivity index (χ3v) is 3.33. The summed E-state index contributed by atoms with van der Waals surface area (Å²) in [5.41, 5.74) is 0.608. The normalized spacial score (nSPS) is 11.9. The molecule has 0 saturated heterocycles. The van der Waals surface area contributed by atoms with E-state index in [0.717, 1.165) is 5.69 Å². The molecule has 0 aliphatic carbocycles. The molecule has 0 spiro atoms. The van der Waals surface area contributed by atoms with Crippen LogP contribution in [-0.2, 0) is 0 Å². The van der Waals surface area contributed by atoms with Gasteiger partial charge in [0.1, 0.15) is 5.76 Å². The molecule has 1 N–H and O–H groups in total. The van der Waals surface area contributed by atoms with E-state index in [-0.39, 0.29) is 5.56 Å². The lowest BCUT2D eigenvalue weighted by molar-refractivity contribution is 0.531. The number of nitrogens with one attached hydrogen (secondary N) is 1. The number of furan rings is 1. The van der Waals surface area contributed by atoms with Crippen LogP contribution in [0.1, 0.15) is 5.76 Å². The zero-order valence-electron chi connectivity index (χ0n) is 10.5. The molecule has 0 saturated carbocycles. The van der Waals surface area contributed by atoms with Crippen molar-refractivity contribution in [3.8, 4) is 5.69 Å². The SMILES string of the molecule is C=c1[nH]n(-c2ccccc2)c(=O)/c1=C\c1ccc(Br)o1. The molecular formula is C15H11BrN2O2. The molecule has 100 valence electrons. The minimum Gasteiger partial charge on any atom is -0.450 e. The van der Waals surface area contributed by atoms with E-state index in [1.54, 1.807) is 18.2 Å². The van der Waals surface area contributed by atoms with Crippen molar-refractivity contribution in [2.45, 2.75) is 0 Å². The first-order valence-corrected chi connectivity index (χ1v) is 6.77. The van der Waals surface area contributed by atoms with Gasteiger partial charge in [0.05, 0.1) is 16.3 Å². The molecule has 0 radical (unpaired) electrons. The number of hydrogen-bond acceptors (Lipinski definition) is 2. The molecule has 0 unspecified atom stereocenters. The first kappa shape index (κ1) is 12.7. The number of H-pyrrole nitrogens is 1. The summed E-state index contributed by atoms with van der Waals surface area (Å²) < 4.78 is 7.47. The standard InChI is InChI=1S/C15H11BrN2O2/c1-10-13(9-12-7-8-14(16)20-12)15(19)18(17-10)11-5-3-2-4-6-11/h2-9,17H,1H2/b13-9-. The van der Waals surface area contributed by atoms with E-state index in [0.29, 0.717) is 21.0 Å². The first-order valence-electron chi connectivity index (χ1n) is 5.97. The van der Waals surface area contributed by atoms with Crippen molar-refractivity contribution in [2.24, 2.45) is 0 Å². The molecule has 0 atom stereocenters. The second-order valence-corrected chi connectivity index (χ2v) is 5.05. The molecule has 0 aliphatic heterocycles. The summed E-state index contributed by atoms with van der Waals surface area (Å²) in [7, 11) is 0. The molecule has 0 aliphatic rings. The number of nitrogens with zero attached hydrogens (tertiary/aromatic N) is 1. The summed E-state index contributed by atoms with van der Waals surface area (Å²) in [6.45, 7) is 3.87. The Hall–Kier alpha value is -2.27. The molecule has 3 aromatic rings. The topological polar surface area (TPSA) is 50.9 Å². The largest absolute Gasteiger partial charge is 0.450 e. The van der Waals surface area contributed by atoms with Gasteiger partial charge >= 0.3 is 0 Å². The van der Waals surface area contributed by atoms with Crippen molar-refractivity contribution in [2.75, 3.05) is 0 Å². The summed E-state index contributed by atoms with van der Waals surface area (Å²) in [5, 5.41) is 3.99. The van der Waals surface area contributed by atoms with Crippen LogP contribution in [0.4, 0.5) is 0 Å². The van der Waals surface area contributed by atoms with E-state index in [1.165, 1.54) is 4.68 Å². The third-order valence-electron chi connectivity index (χ3n) is 2.90. The minimum absolute atomic E-state index is 0.159. The summed E-state index contributed by atoms with van der Waals surface area (Å²) in [5.74, 6) is 0.595. The van der Waals surface area contributed by atoms with Gasteiger partial charge in [-0.15, -0.1) is 0 Å². The van der Waals surface area contributed by atoms with Crippen molar-refractivity contribution in [3.63, 3.8) is 0 Å². The number of halogens is 1. The average Bonchev–Trinajstić information content (AvgIpc) is 2.98. The molecule has 2 aromatic heterocycles. The minimum atomic E-state index is -0.159. The Kier molecular flexibility index (Phi) is 3.20. The van der Waals surface area contributed by atoms with E-state index >= 15 is 0 Å². The van der Waals surface area contributed by atoms with E-state index in [1.807, 2.05) is 30.3 Å². The Morgan fingerprint density at radius 3 is 2.60 bits per heavy atom. The van der Waals surface area contributed by atoms with Gasteiger partial charge in [0, 0.05) is 0 Å². The van der Waals surface area contributed by atoms with E-state index in [9.17, 15) is 4.79 Å². The summed E-state index contributed by atoms with van der Waals surface area (Å²) in [6, 6.07) is 12.9. The second kappa shape index (κ2) is 5.02. The quantitative estimate of drug-likeness (QED) is 0.778. The van der Waals surface area contributed by atoms with Gasteiger partial charge in [0.2, 0.25) is 0 Å². The van der Waals surface area contributed by atoms with Crippen LogP contribution >= 0.6 is 15.9 Å². The summed E-state index contributed by atoms with van der Waals surface area (Å²) in [4.78, 5) is 12.4. The number of benzene rings is 1. The fourth-order valence-corrected chi connectivity index (χ4v) is 2.27. The maximum absolute atomic E-state index is 12.4. The smallest absolute Gasteiger partial charge is 0.279 e. The van der Waals surface area contributed by atoms with Crippen LogP contribution in [0.25, 0.3) is 18.3 Å². The van der Waals surface area contributed by atoms with Crippen LogP contribution < -0.4 is 16.1 Å². The van der Waals surface area contributed by atoms with Crippen molar-refractivity contribution in [1.29, 1.82) is 0 Å². The van der Waals surface area contributed by atoms with Gasteiger partial charge in [-0.05, 0) is 46.3 Å². The summed E-state index contributed by atoms with van der Waals surface area (Å²) >= 11 is 3.23. The monoisotopic (exact) mass is 330 g/mol. The lowest BCUT2D eigenvalue weighted by atomic mass is 10.3. The Bertz CT molecular complexity index is 903. The van der Waals surface area contributed by atoms with Crippen LogP contribution in [0, 0.1) is 0 Å². The Morgan fingerprint density at radius 2 is 1.95 bits per heavy atom. The number of rotatable bonds is 2. The van der Waals surface area contributed by atoms with Crippen LogP contribution in [-0.4, -0.2) is 9.78 Å². The van der Waals surface area contributed by atoms with Gasteiger partial charge in [0.25, 0.3) is 5.56 Å². The van der Waals surface area contributed by atoms with Crippen LogP contribution in [0.5, 0.6) is 0 Å². The molecule has 2 heterocycles. The van der Waals surface area contributed by atoms with E-state index < -0.39 is 0 Å². The fraction of sp³-hybridized carbons (Fsp3) is 0. The molecule has 1 aromatic carbocycles. The highest BCUT2D eigenvalue weighted by Gasteiger charge is 2.05. The Balaban J connectivity index is 2.20. The van der Waals surface area contributed by atoms with Gasteiger partial charge in [-0.2, -0.15) is 0 Å². The highest BCUT2D eigenvalue weighted by Crippen LogP contribution is 2.13. The predicted molar refractivity (Wildman–Crippen MR) is 81.1 cm³/mol. The first-order chi connectivity index (χ1) is 9.65. The zero-order valence-corrected chi connectivity index (χ0v) is 12.1. The van der Waals surface area contributed by atoms with E-state index in [2.05, 4.69) is 27.6 Å². The molecule has 20 heavy (non-hydrogen) atoms. The number of aromatic amines is 1. The molecule has 0 amide bonds. The molecule has 0 bridgehead atoms. The Morgan fingerprint density at radius 1 is 1.20 bits per heavy atom. The van der Waals surface area contributed by atoms with Crippen molar-refractivity contribution >= 4 is 28.6 Å². The number of hydrogen-bond donors (Lipinski definition) is 1. The molecular weight excluding hydrogens is 320 g/mol. The third kappa shape index (κ3) is 2.28. The highest BCUT2D eigenvalue weighted by atomic mass is 79.9. The fourth-order valence-electron chi connectivity index (χ4n) is 1.95. The van der Waals surface area contributed by atoms with Gasteiger partial charge in [-0.25, -0.2) is 4.68 Å². The molecule has 0 fully saturated rings. The van der Waals surface area contributed by atoms with Gasteiger partial charge in [-0.3, -0.25) is 9.89 Å². The predicted octanol–water partition coefficient (Wildman–Crippen LogP) is 1.76. The maximum atomic E-state index is 12.4. The molecule has 3 rings (SSSR count). The van der Waals surface area contributed by atoms with Crippen molar-refractivity contribution < 1.29 is 4.42 Å². The molecule has 5 heteroatoms. The molecule has 4 nitrogen and oxygen atoms in total. The lowest BCUT2D eigenvalue weighted by Gasteiger charge is -1.98. The van der Waals surface area contributed by atoms with Crippen LogP contribution in [0.15, 0.2) is 56.3 Å². The Labute approximate surface area is 122 Å². The van der Waals surface area contributed by atoms with Crippen molar-refractivity contribution in [3.05, 3.63) is 73.8 Å². The lowest BCUT2D eigenvalue weighted by Crippen LogP contribution is -2.33. The zero-order chi connectivity index (χ0) is 14.1. The van der Waals surface area contributed by atoms with Crippen LogP contribution in [0.3, 0.4) is 0 Å². The summed E-state index contributed by atoms with van der Waals surface area (Å²) in [6.07, 6.45) is 1.67. The maximum Gasteiger partial charge on any atom is 0.279 e. The van der Waals surface area contributed by atoms with Gasteiger partial charge in [0.15, 0.2) is 4.67 Å². The van der Waals surface area contributed by atoms with Gasteiger partial charge in [-0.1, -0.05) is 24.8 Å². The van der Waals surface area contributed by atoms with Crippen molar-refractivity contribution in [1.82, 2.24) is 9.78 Å².